The van der Waals surface area contributed by atoms with Crippen LogP contribution < -0.4 is 10.1 Å². The SMILES string of the molecule is CC1CN(S(=O)(=O)c2cccc(C(=O)Nc3ccc(Oc4ccncc4)cc3)c2)CC(C)O1. The standard InChI is InChI=1S/C24H25N3O5S/c1-17-15-27(16-18(2)31-17)33(29,30)23-5-3-4-19(14-23)24(28)26-20-6-8-21(9-7-20)32-22-10-12-25-13-11-22/h3-14,17-18H,15-16H2,1-2H3,(H,26,28). The molecule has 2 atom stereocenters. The fourth-order valence-electron chi connectivity index (χ4n) is 3.63. The van der Waals surface area contributed by atoms with Gasteiger partial charge in [0, 0.05) is 36.7 Å². The molecule has 1 amide bonds. The van der Waals surface area contributed by atoms with Gasteiger partial charge in [-0.25, -0.2) is 8.42 Å². The number of benzene rings is 2. The van der Waals surface area contributed by atoms with Crippen molar-refractivity contribution in [3.63, 3.8) is 0 Å². The van der Waals surface area contributed by atoms with E-state index in [9.17, 15) is 13.2 Å². The molecule has 0 spiro atoms. The zero-order chi connectivity index (χ0) is 23.4. The second-order valence-corrected chi connectivity index (χ2v) is 9.81. The number of pyridine rings is 1. The smallest absolute Gasteiger partial charge is 0.255 e. The lowest BCUT2D eigenvalue weighted by Gasteiger charge is -2.34. The van der Waals surface area contributed by atoms with E-state index in [1.807, 2.05) is 13.8 Å². The molecule has 8 nitrogen and oxygen atoms in total. The number of sulfonamides is 1. The summed E-state index contributed by atoms with van der Waals surface area (Å²) in [6.45, 7) is 4.23. The van der Waals surface area contributed by atoms with Crippen LogP contribution in [0.5, 0.6) is 11.5 Å². The number of aromatic nitrogens is 1. The highest BCUT2D eigenvalue weighted by Crippen LogP contribution is 2.24. The van der Waals surface area contributed by atoms with E-state index in [0.717, 1.165) is 0 Å². The molecule has 2 heterocycles. The quantitative estimate of drug-likeness (QED) is 0.590. The summed E-state index contributed by atoms with van der Waals surface area (Å²) in [5.41, 5.74) is 0.814. The van der Waals surface area contributed by atoms with Crippen LogP contribution >= 0.6 is 0 Å². The average Bonchev–Trinajstić information content (AvgIpc) is 2.80. The van der Waals surface area contributed by atoms with Crippen molar-refractivity contribution in [2.24, 2.45) is 0 Å². The Hall–Kier alpha value is -3.27. The molecule has 33 heavy (non-hydrogen) atoms. The van der Waals surface area contributed by atoms with Crippen LogP contribution in [0.4, 0.5) is 5.69 Å². The van der Waals surface area contributed by atoms with Crippen molar-refractivity contribution < 1.29 is 22.7 Å². The van der Waals surface area contributed by atoms with E-state index < -0.39 is 15.9 Å². The van der Waals surface area contributed by atoms with Gasteiger partial charge in [0.1, 0.15) is 11.5 Å². The van der Waals surface area contributed by atoms with Crippen LogP contribution in [0.1, 0.15) is 24.2 Å². The van der Waals surface area contributed by atoms with Crippen LogP contribution in [0, 0.1) is 0 Å². The number of hydrogen-bond donors (Lipinski definition) is 1. The lowest BCUT2D eigenvalue weighted by molar-refractivity contribution is -0.0440. The first-order valence-electron chi connectivity index (χ1n) is 10.6. The van der Waals surface area contributed by atoms with Crippen molar-refractivity contribution >= 4 is 21.6 Å². The average molecular weight is 468 g/mol. The Morgan fingerprint density at radius 3 is 2.30 bits per heavy atom. The summed E-state index contributed by atoms with van der Waals surface area (Å²) in [5.74, 6) is 0.865. The Bertz CT molecular complexity index is 1210. The number of anilines is 1. The Morgan fingerprint density at radius 2 is 1.64 bits per heavy atom. The van der Waals surface area contributed by atoms with Crippen LogP contribution in [-0.4, -0.2) is 48.9 Å². The first-order valence-corrected chi connectivity index (χ1v) is 12.0. The van der Waals surface area contributed by atoms with Gasteiger partial charge in [0.05, 0.1) is 17.1 Å². The third-order valence-electron chi connectivity index (χ3n) is 5.12. The van der Waals surface area contributed by atoms with Gasteiger partial charge in [0.15, 0.2) is 0 Å². The van der Waals surface area contributed by atoms with E-state index in [1.165, 1.54) is 16.4 Å². The van der Waals surface area contributed by atoms with Gasteiger partial charge in [-0.1, -0.05) is 6.07 Å². The van der Waals surface area contributed by atoms with E-state index in [0.29, 0.717) is 17.2 Å². The topological polar surface area (TPSA) is 97.8 Å². The molecule has 1 N–H and O–H groups in total. The lowest BCUT2D eigenvalue weighted by Crippen LogP contribution is -2.48. The Labute approximate surface area is 193 Å². The normalized spacial score (nSPS) is 19.1. The first kappa shape index (κ1) is 22.9. The van der Waals surface area contributed by atoms with E-state index in [-0.39, 0.29) is 35.8 Å². The summed E-state index contributed by atoms with van der Waals surface area (Å²) in [7, 11) is -3.74. The minimum Gasteiger partial charge on any atom is -0.457 e. The summed E-state index contributed by atoms with van der Waals surface area (Å²) in [5, 5.41) is 2.79. The number of carbonyl (C=O) groups excluding carboxylic acids is 1. The predicted molar refractivity (Wildman–Crippen MR) is 124 cm³/mol. The summed E-state index contributed by atoms with van der Waals surface area (Å²) < 4.78 is 39.0. The van der Waals surface area contributed by atoms with Gasteiger partial charge in [-0.05, 0) is 68.4 Å². The Balaban J connectivity index is 1.45. The number of amides is 1. The molecule has 0 radical (unpaired) electrons. The van der Waals surface area contributed by atoms with E-state index in [2.05, 4.69) is 10.3 Å². The molecule has 2 unspecified atom stereocenters. The van der Waals surface area contributed by atoms with Crippen molar-refractivity contribution in [3.8, 4) is 11.5 Å². The van der Waals surface area contributed by atoms with Crippen LogP contribution in [0.15, 0.2) is 78.0 Å². The van der Waals surface area contributed by atoms with Gasteiger partial charge in [-0.3, -0.25) is 9.78 Å². The number of carbonyl (C=O) groups is 1. The number of morpholine rings is 1. The van der Waals surface area contributed by atoms with Gasteiger partial charge >= 0.3 is 0 Å². The lowest BCUT2D eigenvalue weighted by atomic mass is 10.2. The molecule has 172 valence electrons. The zero-order valence-corrected chi connectivity index (χ0v) is 19.2. The number of nitrogens with one attached hydrogen (secondary N) is 1. The van der Waals surface area contributed by atoms with E-state index >= 15 is 0 Å². The molecule has 1 aliphatic rings. The van der Waals surface area contributed by atoms with Crippen molar-refractivity contribution in [3.05, 3.63) is 78.6 Å². The Kier molecular flexibility index (Phi) is 6.73. The molecule has 1 saturated heterocycles. The second-order valence-electron chi connectivity index (χ2n) is 7.87. The van der Waals surface area contributed by atoms with Crippen molar-refractivity contribution in [2.45, 2.75) is 31.0 Å². The molecule has 1 aromatic heterocycles. The highest BCUT2D eigenvalue weighted by atomic mass is 32.2. The van der Waals surface area contributed by atoms with Crippen molar-refractivity contribution in [1.29, 1.82) is 0 Å². The molecule has 3 aromatic rings. The van der Waals surface area contributed by atoms with Crippen LogP contribution in [0.2, 0.25) is 0 Å². The Morgan fingerprint density at radius 1 is 1.00 bits per heavy atom. The molecule has 0 saturated carbocycles. The highest BCUT2D eigenvalue weighted by Gasteiger charge is 2.32. The van der Waals surface area contributed by atoms with E-state index in [4.69, 9.17) is 9.47 Å². The van der Waals surface area contributed by atoms with Gasteiger partial charge in [0.25, 0.3) is 5.91 Å². The maximum Gasteiger partial charge on any atom is 0.255 e. The number of nitrogens with zero attached hydrogens (tertiary/aromatic N) is 2. The van der Waals surface area contributed by atoms with Gasteiger partial charge in [0.2, 0.25) is 10.0 Å². The fourth-order valence-corrected chi connectivity index (χ4v) is 5.26. The van der Waals surface area contributed by atoms with Crippen LogP contribution in [0.3, 0.4) is 0 Å². The molecular formula is C24H25N3O5S. The third-order valence-corrected chi connectivity index (χ3v) is 6.95. The fraction of sp³-hybridized carbons (Fsp3) is 0.250. The molecule has 1 aliphatic heterocycles. The van der Waals surface area contributed by atoms with Crippen molar-refractivity contribution in [2.75, 3.05) is 18.4 Å². The first-order chi connectivity index (χ1) is 15.8. The van der Waals surface area contributed by atoms with Crippen LogP contribution in [0.25, 0.3) is 0 Å². The molecule has 2 aromatic carbocycles. The van der Waals surface area contributed by atoms with Crippen molar-refractivity contribution in [1.82, 2.24) is 9.29 Å². The molecule has 0 aliphatic carbocycles. The highest BCUT2D eigenvalue weighted by molar-refractivity contribution is 7.89. The summed E-state index contributed by atoms with van der Waals surface area (Å²) in [6.07, 6.45) is 2.89. The summed E-state index contributed by atoms with van der Waals surface area (Å²) in [4.78, 5) is 16.8. The number of hydrogen-bond acceptors (Lipinski definition) is 6. The van der Waals surface area contributed by atoms with Crippen LogP contribution in [-0.2, 0) is 14.8 Å². The monoisotopic (exact) mass is 467 g/mol. The third kappa shape index (κ3) is 5.57. The molecule has 9 heteroatoms. The zero-order valence-electron chi connectivity index (χ0n) is 18.3. The van der Waals surface area contributed by atoms with E-state index in [1.54, 1.807) is 60.9 Å². The summed E-state index contributed by atoms with van der Waals surface area (Å²) in [6, 6.07) is 16.4. The molecule has 1 fully saturated rings. The maximum atomic E-state index is 13.1. The van der Waals surface area contributed by atoms with Gasteiger partial charge < -0.3 is 14.8 Å². The minimum atomic E-state index is -3.74. The largest absolute Gasteiger partial charge is 0.457 e. The predicted octanol–water partition coefficient (Wildman–Crippen LogP) is 3.92. The second kappa shape index (κ2) is 9.70. The van der Waals surface area contributed by atoms with Gasteiger partial charge in [-0.2, -0.15) is 4.31 Å². The number of rotatable bonds is 6. The minimum absolute atomic E-state index is 0.0811. The molecule has 0 bridgehead atoms. The van der Waals surface area contributed by atoms with Gasteiger partial charge in [-0.15, -0.1) is 0 Å². The maximum absolute atomic E-state index is 13.1. The molecule has 4 rings (SSSR count). The number of ether oxygens (including phenoxy) is 2. The molecular weight excluding hydrogens is 442 g/mol. The summed E-state index contributed by atoms with van der Waals surface area (Å²) >= 11 is 0.